The molecule has 0 saturated carbocycles. The van der Waals surface area contributed by atoms with Crippen molar-refractivity contribution in [2.24, 2.45) is 17.4 Å². The molecule has 1 aromatic rings. The number of benzene rings is 1. The van der Waals surface area contributed by atoms with Crippen LogP contribution in [0, 0.1) is 5.92 Å². The molecule has 0 aliphatic rings. The van der Waals surface area contributed by atoms with E-state index in [0.29, 0.717) is 6.42 Å². The number of thiol groups is 1. The van der Waals surface area contributed by atoms with Gasteiger partial charge >= 0.3 is 5.97 Å². The van der Waals surface area contributed by atoms with Crippen molar-refractivity contribution in [3.63, 3.8) is 0 Å². The van der Waals surface area contributed by atoms with Crippen molar-refractivity contribution in [1.29, 1.82) is 0 Å². The number of hydrogen-bond donors (Lipinski definition) is 7. The van der Waals surface area contributed by atoms with Crippen LogP contribution in [0.4, 0.5) is 0 Å². The largest absolute Gasteiger partial charge is 0.480 e. The Balaban J connectivity index is 3.07. The summed E-state index contributed by atoms with van der Waals surface area (Å²) in [5.41, 5.74) is 11.7. The summed E-state index contributed by atoms with van der Waals surface area (Å²) >= 11 is 3.95. The first kappa shape index (κ1) is 29.9. The third kappa shape index (κ3) is 10.4. The Labute approximate surface area is 210 Å². The van der Waals surface area contributed by atoms with Gasteiger partial charge in [-0.25, -0.2) is 4.79 Å². The maximum absolute atomic E-state index is 13.2. The zero-order valence-corrected chi connectivity index (χ0v) is 20.8. The quantitative estimate of drug-likeness (QED) is 0.152. The normalized spacial score (nSPS) is 15.1. The number of nitrogens with one attached hydrogen (secondary N) is 3. The highest BCUT2D eigenvalue weighted by molar-refractivity contribution is 7.80. The Bertz CT molecular complexity index is 884. The van der Waals surface area contributed by atoms with E-state index >= 15 is 0 Å². The zero-order valence-electron chi connectivity index (χ0n) is 19.9. The lowest BCUT2D eigenvalue weighted by molar-refractivity contribution is -0.141. The molecule has 0 saturated heterocycles. The third-order valence-corrected chi connectivity index (χ3v) is 5.91. The van der Waals surface area contributed by atoms with Crippen LogP contribution in [0.3, 0.4) is 0 Å². The van der Waals surface area contributed by atoms with Crippen LogP contribution in [0.15, 0.2) is 30.3 Å². The van der Waals surface area contributed by atoms with E-state index in [2.05, 4.69) is 28.6 Å². The van der Waals surface area contributed by atoms with Gasteiger partial charge in [0.15, 0.2) is 0 Å². The first-order valence-electron chi connectivity index (χ1n) is 11.3. The van der Waals surface area contributed by atoms with Crippen LogP contribution in [0.5, 0.6) is 0 Å². The van der Waals surface area contributed by atoms with Gasteiger partial charge in [-0.2, -0.15) is 12.6 Å². The minimum absolute atomic E-state index is 0.0232. The van der Waals surface area contributed by atoms with Crippen molar-refractivity contribution in [1.82, 2.24) is 16.0 Å². The number of carboxylic acid groups (broad SMARTS) is 1. The number of primary amides is 1. The standard InChI is InChI=1S/C23H35N5O6S/c1-3-13(2)19(28-20(30)15(24)9-10-18(25)29)22(32)26-16(11-14-7-5-4-6-8-14)21(31)27-17(12-35)23(33)34/h4-8,13,15-17,19,35H,3,9-12,24H2,1-2H3,(H2,25,29)(H,26,32)(H,27,31)(H,28,30)(H,33,34). The summed E-state index contributed by atoms with van der Waals surface area (Å²) in [6.45, 7) is 3.59. The van der Waals surface area contributed by atoms with Crippen LogP contribution in [0.25, 0.3) is 0 Å². The van der Waals surface area contributed by atoms with Crippen molar-refractivity contribution in [2.45, 2.75) is 63.7 Å². The Morgan fingerprint density at radius 2 is 1.57 bits per heavy atom. The second-order valence-electron chi connectivity index (χ2n) is 8.32. The van der Waals surface area contributed by atoms with Crippen LogP contribution in [-0.2, 0) is 30.4 Å². The number of nitrogens with two attached hydrogens (primary N) is 2. The van der Waals surface area contributed by atoms with Crippen LogP contribution < -0.4 is 27.4 Å². The number of carboxylic acids is 1. The van der Waals surface area contributed by atoms with E-state index < -0.39 is 53.8 Å². The molecule has 0 radical (unpaired) electrons. The second kappa shape index (κ2) is 15.0. The minimum Gasteiger partial charge on any atom is -0.480 e. The smallest absolute Gasteiger partial charge is 0.327 e. The van der Waals surface area contributed by atoms with E-state index in [1.807, 2.05) is 6.92 Å². The minimum atomic E-state index is -1.26. The summed E-state index contributed by atoms with van der Waals surface area (Å²) in [6, 6.07) is 4.47. The Hall–Kier alpha value is -3.12. The monoisotopic (exact) mass is 509 g/mol. The highest BCUT2D eigenvalue weighted by Crippen LogP contribution is 2.11. The predicted octanol–water partition coefficient (Wildman–Crippen LogP) is -0.663. The number of carbonyl (C=O) groups is 5. The molecule has 5 unspecified atom stereocenters. The molecule has 11 nitrogen and oxygen atoms in total. The SMILES string of the molecule is CCC(C)C(NC(=O)C(N)CCC(N)=O)C(=O)NC(Cc1ccccc1)C(=O)NC(CS)C(=O)O. The number of aliphatic carboxylic acids is 1. The molecule has 4 amide bonds. The van der Waals surface area contributed by atoms with Crippen molar-refractivity contribution >= 4 is 42.2 Å². The van der Waals surface area contributed by atoms with Gasteiger partial charge < -0.3 is 32.5 Å². The topological polar surface area (TPSA) is 194 Å². The van der Waals surface area contributed by atoms with Crippen molar-refractivity contribution < 1.29 is 29.1 Å². The lowest BCUT2D eigenvalue weighted by Gasteiger charge is -2.28. The molecule has 0 heterocycles. The van der Waals surface area contributed by atoms with E-state index in [9.17, 15) is 29.1 Å². The van der Waals surface area contributed by atoms with E-state index in [1.54, 1.807) is 37.3 Å². The summed E-state index contributed by atoms with van der Waals surface area (Å²) in [5.74, 6) is -4.25. The van der Waals surface area contributed by atoms with Gasteiger partial charge in [-0.3, -0.25) is 19.2 Å². The molecule has 194 valence electrons. The first-order valence-corrected chi connectivity index (χ1v) is 12.0. The van der Waals surface area contributed by atoms with E-state index in [-0.39, 0.29) is 30.9 Å². The summed E-state index contributed by atoms with van der Waals surface area (Å²) in [6.07, 6.45) is 0.571. The highest BCUT2D eigenvalue weighted by atomic mass is 32.1. The molecule has 0 aliphatic carbocycles. The van der Waals surface area contributed by atoms with Crippen molar-refractivity contribution in [3.8, 4) is 0 Å². The van der Waals surface area contributed by atoms with Crippen molar-refractivity contribution in [3.05, 3.63) is 35.9 Å². The van der Waals surface area contributed by atoms with Crippen molar-refractivity contribution in [2.75, 3.05) is 5.75 Å². The summed E-state index contributed by atoms with van der Waals surface area (Å²) in [5, 5.41) is 16.9. The van der Waals surface area contributed by atoms with Crippen LogP contribution in [0.1, 0.15) is 38.7 Å². The summed E-state index contributed by atoms with van der Waals surface area (Å²) < 4.78 is 0. The maximum Gasteiger partial charge on any atom is 0.327 e. The van der Waals surface area contributed by atoms with E-state index in [1.165, 1.54) is 0 Å². The molecule has 5 atom stereocenters. The molecule has 0 aromatic heterocycles. The number of rotatable bonds is 15. The average Bonchev–Trinajstić information content (AvgIpc) is 2.83. The highest BCUT2D eigenvalue weighted by Gasteiger charge is 2.32. The zero-order chi connectivity index (χ0) is 26.5. The Morgan fingerprint density at radius 3 is 2.09 bits per heavy atom. The van der Waals surface area contributed by atoms with E-state index in [0.717, 1.165) is 5.56 Å². The lowest BCUT2D eigenvalue weighted by atomic mass is 9.96. The van der Waals surface area contributed by atoms with Gasteiger partial charge in [-0.05, 0) is 17.9 Å². The number of amides is 4. The molecular formula is C23H35N5O6S. The van der Waals surface area contributed by atoms with Crippen LogP contribution in [0.2, 0.25) is 0 Å². The molecule has 35 heavy (non-hydrogen) atoms. The Morgan fingerprint density at radius 1 is 0.971 bits per heavy atom. The fourth-order valence-electron chi connectivity index (χ4n) is 3.17. The van der Waals surface area contributed by atoms with Crippen LogP contribution >= 0.6 is 12.6 Å². The van der Waals surface area contributed by atoms with Crippen LogP contribution in [-0.4, -0.2) is 64.6 Å². The number of carbonyl (C=O) groups excluding carboxylic acids is 4. The average molecular weight is 510 g/mol. The molecule has 0 spiro atoms. The van der Waals surface area contributed by atoms with Gasteiger partial charge in [0.1, 0.15) is 18.1 Å². The molecule has 0 fully saturated rings. The molecule has 8 N–H and O–H groups in total. The molecule has 0 aliphatic heterocycles. The van der Waals surface area contributed by atoms with Gasteiger partial charge in [0, 0.05) is 18.6 Å². The number of hydrogen-bond acceptors (Lipinski definition) is 7. The molecular weight excluding hydrogens is 474 g/mol. The summed E-state index contributed by atoms with van der Waals surface area (Å²) in [4.78, 5) is 61.0. The fraction of sp³-hybridized carbons (Fsp3) is 0.522. The van der Waals surface area contributed by atoms with Gasteiger partial charge in [0.05, 0.1) is 6.04 Å². The van der Waals surface area contributed by atoms with Gasteiger partial charge in [0.25, 0.3) is 0 Å². The Kier molecular flexibility index (Phi) is 12.8. The molecule has 1 aromatic carbocycles. The maximum atomic E-state index is 13.2. The van der Waals surface area contributed by atoms with Gasteiger partial charge in [-0.1, -0.05) is 50.6 Å². The van der Waals surface area contributed by atoms with Gasteiger partial charge in [-0.15, -0.1) is 0 Å². The lowest BCUT2D eigenvalue weighted by Crippen LogP contribution is -2.59. The third-order valence-electron chi connectivity index (χ3n) is 5.54. The fourth-order valence-corrected chi connectivity index (χ4v) is 3.42. The van der Waals surface area contributed by atoms with Gasteiger partial charge in [0.2, 0.25) is 23.6 Å². The molecule has 12 heteroatoms. The second-order valence-corrected chi connectivity index (χ2v) is 8.68. The van der Waals surface area contributed by atoms with E-state index in [4.69, 9.17) is 11.5 Å². The predicted molar refractivity (Wildman–Crippen MR) is 133 cm³/mol. The molecule has 1 rings (SSSR count). The molecule has 0 bridgehead atoms. The summed E-state index contributed by atoms with van der Waals surface area (Å²) in [7, 11) is 0. The first-order chi connectivity index (χ1) is 16.5.